The molecule has 15 heteroatoms. The normalized spacial score (nSPS) is 17.4. The fourth-order valence-corrected chi connectivity index (χ4v) is 7.30. The first-order valence-corrected chi connectivity index (χ1v) is 18.6. The summed E-state index contributed by atoms with van der Waals surface area (Å²) >= 11 is 0. The molecule has 2 fully saturated rings. The zero-order valence-electron chi connectivity index (χ0n) is 31.0. The lowest BCUT2D eigenvalue weighted by atomic mass is 10.0. The Kier molecular flexibility index (Phi) is 10.3. The molecular weight excluding hydrogens is 730 g/mol. The van der Waals surface area contributed by atoms with Crippen molar-refractivity contribution in [1.82, 2.24) is 35.0 Å². The summed E-state index contributed by atoms with van der Waals surface area (Å²) in [6, 6.07) is 20.5. The van der Waals surface area contributed by atoms with Crippen molar-refractivity contribution in [3.63, 3.8) is 0 Å². The molecule has 8 rings (SSSR count). The van der Waals surface area contributed by atoms with Crippen LogP contribution in [0.5, 0.6) is 0 Å². The molecule has 5 amide bonds. The van der Waals surface area contributed by atoms with Crippen LogP contribution in [-0.4, -0.2) is 91.4 Å². The Balaban J connectivity index is 0.834. The van der Waals surface area contributed by atoms with Gasteiger partial charge >= 0.3 is 0 Å². The number of aromatic nitrogens is 3. The van der Waals surface area contributed by atoms with Crippen LogP contribution in [0, 0.1) is 12.7 Å². The molecule has 0 radical (unpaired) electrons. The summed E-state index contributed by atoms with van der Waals surface area (Å²) < 4.78 is 15.8. The minimum atomic E-state index is -1.15. The van der Waals surface area contributed by atoms with E-state index >= 15 is 4.39 Å². The Morgan fingerprint density at radius 1 is 0.895 bits per heavy atom. The summed E-state index contributed by atoms with van der Waals surface area (Å²) in [7, 11) is 0. The number of piperidine rings is 1. The van der Waals surface area contributed by atoms with Gasteiger partial charge in [-0.05, 0) is 73.0 Å². The Labute approximate surface area is 327 Å². The highest BCUT2D eigenvalue weighted by molar-refractivity contribution is 6.23. The lowest BCUT2D eigenvalue weighted by Gasteiger charge is -2.34. The van der Waals surface area contributed by atoms with E-state index in [-0.39, 0.29) is 36.4 Å². The van der Waals surface area contributed by atoms with E-state index < -0.39 is 35.5 Å². The third-order valence-electron chi connectivity index (χ3n) is 10.5. The average Bonchev–Trinajstić information content (AvgIpc) is 3.47. The molecule has 0 spiro atoms. The van der Waals surface area contributed by atoms with Crippen molar-refractivity contribution in [3.05, 3.63) is 131 Å². The van der Waals surface area contributed by atoms with E-state index in [2.05, 4.69) is 40.7 Å². The van der Waals surface area contributed by atoms with E-state index in [1.54, 1.807) is 30.7 Å². The van der Waals surface area contributed by atoms with E-state index in [1.807, 2.05) is 55.5 Å². The highest BCUT2D eigenvalue weighted by atomic mass is 19.1. The standard InChI is InChI=1S/C42H38FN9O5/c1-25-4-10-30(21-33(25)48-42-45-16-14-32(47-42)28-3-2-15-44-22-28)46-38(54)27-7-5-26(6-8-27)23-50-17-19-51(20-18-50)24-29-9-11-31-36(37(29)43)41(57)52(40(31)56)34-12-13-35(53)49-39(34)55/h2-11,14-16,21-22,34H,12-13,17-20,23-24H2,1H3,(H,46,54)(H,45,47,48)(H,49,53,55). The SMILES string of the molecule is Cc1ccc(NC(=O)c2ccc(CN3CCN(Cc4ccc5c(c4F)C(=O)N(C4CCC(=O)NC4=O)C5=O)CC3)cc2)cc1Nc1nccc(-c2cccnc2)n1. The van der Waals surface area contributed by atoms with E-state index in [0.29, 0.717) is 42.4 Å². The van der Waals surface area contributed by atoms with Gasteiger partial charge in [0.05, 0.1) is 16.8 Å². The van der Waals surface area contributed by atoms with Crippen molar-refractivity contribution in [1.29, 1.82) is 0 Å². The predicted molar refractivity (Wildman–Crippen MR) is 208 cm³/mol. The molecule has 2 saturated heterocycles. The Hall–Kier alpha value is -6.71. The molecule has 0 aliphatic carbocycles. The number of aryl methyl sites for hydroxylation is 1. The highest BCUT2D eigenvalue weighted by Crippen LogP contribution is 2.32. The Morgan fingerprint density at radius 3 is 2.40 bits per heavy atom. The lowest BCUT2D eigenvalue weighted by Crippen LogP contribution is -2.54. The third-order valence-corrected chi connectivity index (χ3v) is 10.5. The van der Waals surface area contributed by atoms with Gasteiger partial charge in [-0.1, -0.05) is 24.3 Å². The van der Waals surface area contributed by atoms with Crippen LogP contribution in [0.25, 0.3) is 11.3 Å². The molecule has 288 valence electrons. The highest BCUT2D eigenvalue weighted by Gasteiger charge is 2.46. The number of anilines is 3. The van der Waals surface area contributed by atoms with Crippen LogP contribution in [-0.2, 0) is 22.7 Å². The van der Waals surface area contributed by atoms with Crippen molar-refractivity contribution in [2.75, 3.05) is 36.8 Å². The maximum absolute atomic E-state index is 15.8. The number of piperazine rings is 1. The number of nitrogens with one attached hydrogen (secondary N) is 3. The molecule has 0 bridgehead atoms. The number of imide groups is 2. The molecule has 5 heterocycles. The Morgan fingerprint density at radius 2 is 1.67 bits per heavy atom. The summed E-state index contributed by atoms with van der Waals surface area (Å²) in [6.07, 6.45) is 5.12. The number of hydrogen-bond acceptors (Lipinski definition) is 11. The van der Waals surface area contributed by atoms with Gasteiger partial charge in [0, 0.05) is 92.3 Å². The minimum Gasteiger partial charge on any atom is -0.324 e. The van der Waals surface area contributed by atoms with E-state index in [9.17, 15) is 24.0 Å². The number of rotatable bonds is 10. The Bertz CT molecular complexity index is 2400. The van der Waals surface area contributed by atoms with Crippen LogP contribution in [0.3, 0.4) is 0 Å². The van der Waals surface area contributed by atoms with Crippen molar-refractivity contribution in [2.45, 2.75) is 38.9 Å². The topological polar surface area (TPSA) is 170 Å². The monoisotopic (exact) mass is 767 g/mol. The van der Waals surface area contributed by atoms with Gasteiger partial charge < -0.3 is 10.6 Å². The van der Waals surface area contributed by atoms with Gasteiger partial charge in [0.2, 0.25) is 17.8 Å². The first kappa shape index (κ1) is 37.2. The number of carbonyl (C=O) groups is 5. The third kappa shape index (κ3) is 7.88. The number of nitrogens with zero attached hydrogens (tertiary/aromatic N) is 6. The molecule has 3 aromatic carbocycles. The van der Waals surface area contributed by atoms with Gasteiger partial charge in [-0.25, -0.2) is 14.4 Å². The summed E-state index contributed by atoms with van der Waals surface area (Å²) in [5, 5.41) is 8.39. The molecule has 3 aliphatic rings. The summed E-state index contributed by atoms with van der Waals surface area (Å²) in [4.78, 5) is 81.7. The fraction of sp³-hybridized carbons (Fsp3) is 0.238. The summed E-state index contributed by atoms with van der Waals surface area (Å²) in [6.45, 7) is 5.63. The zero-order chi connectivity index (χ0) is 39.6. The summed E-state index contributed by atoms with van der Waals surface area (Å²) in [5.41, 5.74) is 5.40. The number of benzene rings is 3. The van der Waals surface area contributed by atoms with E-state index in [0.717, 1.165) is 46.1 Å². The maximum atomic E-state index is 15.8. The molecule has 57 heavy (non-hydrogen) atoms. The zero-order valence-corrected chi connectivity index (χ0v) is 31.0. The van der Waals surface area contributed by atoms with Gasteiger partial charge in [-0.3, -0.25) is 49.0 Å². The van der Waals surface area contributed by atoms with Gasteiger partial charge in [0.15, 0.2) is 0 Å². The second-order valence-corrected chi connectivity index (χ2v) is 14.3. The van der Waals surface area contributed by atoms with Crippen LogP contribution < -0.4 is 16.0 Å². The number of fused-ring (bicyclic) bond motifs is 1. The van der Waals surface area contributed by atoms with Gasteiger partial charge in [-0.2, -0.15) is 0 Å². The first-order chi connectivity index (χ1) is 27.6. The van der Waals surface area contributed by atoms with Crippen molar-refractivity contribution < 1.29 is 28.4 Å². The second-order valence-electron chi connectivity index (χ2n) is 14.3. The molecule has 1 atom stereocenters. The van der Waals surface area contributed by atoms with Crippen LogP contribution >= 0.6 is 0 Å². The van der Waals surface area contributed by atoms with Crippen molar-refractivity contribution >= 4 is 46.9 Å². The lowest BCUT2D eigenvalue weighted by molar-refractivity contribution is -0.136. The number of halogens is 1. The first-order valence-electron chi connectivity index (χ1n) is 18.6. The van der Waals surface area contributed by atoms with Gasteiger partial charge in [0.1, 0.15) is 11.9 Å². The van der Waals surface area contributed by atoms with Crippen LogP contribution in [0.1, 0.15) is 60.6 Å². The number of hydrogen-bond donors (Lipinski definition) is 3. The van der Waals surface area contributed by atoms with Crippen LogP contribution in [0.15, 0.2) is 91.4 Å². The predicted octanol–water partition coefficient (Wildman–Crippen LogP) is 4.70. The average molecular weight is 768 g/mol. The smallest absolute Gasteiger partial charge is 0.265 e. The molecule has 5 aromatic rings. The van der Waals surface area contributed by atoms with E-state index in [1.165, 1.54) is 12.1 Å². The molecule has 3 aliphatic heterocycles. The molecule has 0 saturated carbocycles. The van der Waals surface area contributed by atoms with Gasteiger partial charge in [-0.15, -0.1) is 0 Å². The quantitative estimate of drug-likeness (QED) is 0.169. The van der Waals surface area contributed by atoms with Crippen molar-refractivity contribution in [3.8, 4) is 11.3 Å². The largest absolute Gasteiger partial charge is 0.324 e. The molecule has 1 unspecified atom stereocenters. The fourth-order valence-electron chi connectivity index (χ4n) is 7.30. The number of pyridine rings is 1. The minimum absolute atomic E-state index is 0.00385. The van der Waals surface area contributed by atoms with E-state index in [4.69, 9.17) is 0 Å². The second kappa shape index (κ2) is 15.8. The van der Waals surface area contributed by atoms with Crippen LogP contribution in [0.4, 0.5) is 21.7 Å². The molecule has 2 aromatic heterocycles. The van der Waals surface area contributed by atoms with Crippen molar-refractivity contribution in [2.24, 2.45) is 0 Å². The van der Waals surface area contributed by atoms with Gasteiger partial charge in [0.25, 0.3) is 17.7 Å². The number of amides is 5. The maximum Gasteiger partial charge on any atom is 0.265 e. The molecule has 3 N–H and O–H groups in total. The molecular formula is C42H38FN9O5. The number of carbonyl (C=O) groups excluding carboxylic acids is 5. The van der Waals surface area contributed by atoms with Crippen LogP contribution in [0.2, 0.25) is 0 Å². The molecule has 14 nitrogen and oxygen atoms in total. The summed E-state index contributed by atoms with van der Waals surface area (Å²) in [5.74, 6) is -3.38.